The zero-order valence-corrected chi connectivity index (χ0v) is 11.7. The summed E-state index contributed by atoms with van der Waals surface area (Å²) in [4.78, 5) is 12.7. The maximum atomic E-state index is 11.4. The fraction of sp³-hybridized carbons (Fsp3) is 0.267. The predicted molar refractivity (Wildman–Crippen MR) is 75.7 cm³/mol. The van der Waals surface area contributed by atoms with Gasteiger partial charge in [-0.1, -0.05) is 47.5 Å². The molecule has 0 N–H and O–H groups in total. The molecule has 1 aromatic carbocycles. The molecular formula is C15H16ClNO2. The third kappa shape index (κ3) is 3.38. The van der Waals surface area contributed by atoms with Crippen LogP contribution in [-0.4, -0.2) is 18.1 Å². The van der Waals surface area contributed by atoms with E-state index in [1.54, 1.807) is 12.4 Å². The molecule has 0 fully saturated rings. The van der Waals surface area contributed by atoms with E-state index in [0.717, 1.165) is 6.42 Å². The van der Waals surface area contributed by atoms with Crippen molar-refractivity contribution in [3.8, 4) is 0 Å². The smallest absolute Gasteiger partial charge is 0.417 e. The number of halogens is 1. The van der Waals surface area contributed by atoms with Gasteiger partial charge < -0.3 is 4.74 Å². The van der Waals surface area contributed by atoms with E-state index in [9.17, 15) is 4.79 Å². The Balaban J connectivity index is 2.06. The van der Waals surface area contributed by atoms with Gasteiger partial charge in [0.05, 0.1) is 7.11 Å². The predicted octanol–water partition coefficient (Wildman–Crippen LogP) is 3.83. The van der Waals surface area contributed by atoms with Gasteiger partial charge >= 0.3 is 6.09 Å². The number of aryl methyl sites for hydroxylation is 1. The summed E-state index contributed by atoms with van der Waals surface area (Å²) < 4.78 is 4.64. The molecule has 1 unspecified atom stereocenters. The Morgan fingerprint density at radius 2 is 2.05 bits per heavy atom. The number of ether oxygens (including phenoxy) is 1. The molecule has 0 radical (unpaired) electrons. The number of nitrogens with zero attached hydrogens (tertiary/aromatic N) is 1. The van der Waals surface area contributed by atoms with Gasteiger partial charge in [0.1, 0.15) is 0 Å². The van der Waals surface area contributed by atoms with Crippen LogP contribution in [0.1, 0.15) is 11.1 Å². The lowest BCUT2D eigenvalue weighted by molar-refractivity contribution is 0.151. The van der Waals surface area contributed by atoms with Crippen LogP contribution in [0.15, 0.2) is 47.8 Å². The van der Waals surface area contributed by atoms with Crippen molar-refractivity contribution in [2.45, 2.75) is 13.3 Å². The summed E-state index contributed by atoms with van der Waals surface area (Å²) in [6, 6.07) is 8.36. The van der Waals surface area contributed by atoms with Crippen LogP contribution in [0, 0.1) is 12.8 Å². The van der Waals surface area contributed by atoms with Crippen LogP contribution < -0.4 is 0 Å². The Labute approximate surface area is 118 Å². The number of carbonyl (C=O) groups is 1. The first-order valence-corrected chi connectivity index (χ1v) is 6.45. The summed E-state index contributed by atoms with van der Waals surface area (Å²) in [6.45, 7) is 2.06. The van der Waals surface area contributed by atoms with Crippen molar-refractivity contribution in [2.75, 3.05) is 7.11 Å². The highest BCUT2D eigenvalue weighted by Gasteiger charge is 2.19. The molecule has 1 heterocycles. The van der Waals surface area contributed by atoms with Gasteiger partial charge in [0.25, 0.3) is 0 Å². The molecule has 1 aliphatic rings. The quantitative estimate of drug-likeness (QED) is 0.822. The third-order valence-electron chi connectivity index (χ3n) is 3.06. The second kappa shape index (κ2) is 5.93. The molecule has 19 heavy (non-hydrogen) atoms. The summed E-state index contributed by atoms with van der Waals surface area (Å²) in [6.07, 6.45) is 5.59. The van der Waals surface area contributed by atoms with Crippen LogP contribution in [0.5, 0.6) is 0 Å². The minimum Gasteiger partial charge on any atom is -0.452 e. The Bertz CT molecular complexity index is 519. The SMILES string of the molecule is COC(=O)N1C=CC(Cc2ccc(C)cc2)C(Cl)=C1. The van der Waals surface area contributed by atoms with Gasteiger partial charge in [-0.05, 0) is 18.9 Å². The van der Waals surface area contributed by atoms with Crippen LogP contribution in [0.4, 0.5) is 4.79 Å². The van der Waals surface area contributed by atoms with Crippen molar-refractivity contribution in [1.29, 1.82) is 0 Å². The molecule has 1 amide bonds. The third-order valence-corrected chi connectivity index (χ3v) is 3.44. The molecule has 1 atom stereocenters. The molecule has 0 aliphatic carbocycles. The highest BCUT2D eigenvalue weighted by Crippen LogP contribution is 2.26. The van der Waals surface area contributed by atoms with E-state index in [0.29, 0.717) is 5.03 Å². The van der Waals surface area contributed by atoms with Gasteiger partial charge in [-0.3, -0.25) is 4.90 Å². The molecule has 4 heteroatoms. The van der Waals surface area contributed by atoms with Gasteiger partial charge in [-0.25, -0.2) is 4.79 Å². The zero-order chi connectivity index (χ0) is 13.8. The fourth-order valence-corrected chi connectivity index (χ4v) is 2.18. The Morgan fingerprint density at radius 3 is 2.63 bits per heavy atom. The van der Waals surface area contributed by atoms with Crippen molar-refractivity contribution >= 4 is 17.7 Å². The Morgan fingerprint density at radius 1 is 1.37 bits per heavy atom. The number of allylic oxidation sites excluding steroid dienone is 2. The minimum atomic E-state index is -0.441. The largest absolute Gasteiger partial charge is 0.452 e. The minimum absolute atomic E-state index is 0.102. The van der Waals surface area contributed by atoms with Gasteiger partial charge in [0.2, 0.25) is 0 Å². The maximum absolute atomic E-state index is 11.4. The van der Waals surface area contributed by atoms with Crippen molar-refractivity contribution in [3.63, 3.8) is 0 Å². The first-order chi connectivity index (χ1) is 9.10. The van der Waals surface area contributed by atoms with Gasteiger partial charge in [-0.2, -0.15) is 0 Å². The summed E-state index contributed by atoms with van der Waals surface area (Å²) in [5.41, 5.74) is 2.46. The molecule has 0 saturated carbocycles. The average molecular weight is 278 g/mol. The molecule has 100 valence electrons. The topological polar surface area (TPSA) is 29.5 Å². The fourth-order valence-electron chi connectivity index (χ4n) is 1.92. The van der Waals surface area contributed by atoms with Crippen molar-refractivity contribution in [1.82, 2.24) is 4.90 Å². The molecular weight excluding hydrogens is 262 g/mol. The van der Waals surface area contributed by atoms with E-state index in [-0.39, 0.29) is 5.92 Å². The number of methoxy groups -OCH3 is 1. The highest BCUT2D eigenvalue weighted by atomic mass is 35.5. The van der Waals surface area contributed by atoms with E-state index < -0.39 is 6.09 Å². The number of amides is 1. The van der Waals surface area contributed by atoms with E-state index in [1.165, 1.54) is 23.1 Å². The summed E-state index contributed by atoms with van der Waals surface area (Å²) in [5.74, 6) is 0.102. The second-order valence-electron chi connectivity index (χ2n) is 4.53. The first kappa shape index (κ1) is 13.7. The number of carbonyl (C=O) groups excluding carboxylic acids is 1. The summed E-state index contributed by atoms with van der Waals surface area (Å²) in [7, 11) is 1.34. The molecule has 0 spiro atoms. The lowest BCUT2D eigenvalue weighted by Crippen LogP contribution is -2.23. The second-order valence-corrected chi connectivity index (χ2v) is 4.97. The normalized spacial score (nSPS) is 18.2. The summed E-state index contributed by atoms with van der Waals surface area (Å²) in [5, 5.41) is 0.633. The lowest BCUT2D eigenvalue weighted by Gasteiger charge is -2.21. The average Bonchev–Trinajstić information content (AvgIpc) is 2.42. The maximum Gasteiger partial charge on any atom is 0.417 e. The molecule has 3 nitrogen and oxygen atoms in total. The van der Waals surface area contributed by atoms with Crippen LogP contribution >= 0.6 is 11.6 Å². The van der Waals surface area contributed by atoms with Crippen LogP contribution in [0.25, 0.3) is 0 Å². The molecule has 0 bridgehead atoms. The first-order valence-electron chi connectivity index (χ1n) is 6.07. The number of hydrogen-bond donors (Lipinski definition) is 0. The molecule has 1 aromatic rings. The van der Waals surface area contributed by atoms with Crippen LogP contribution in [0.2, 0.25) is 0 Å². The zero-order valence-electron chi connectivity index (χ0n) is 11.0. The standard InChI is InChI=1S/C15H16ClNO2/c1-11-3-5-12(6-4-11)9-13-7-8-17(10-14(13)16)15(18)19-2/h3-8,10,13H,9H2,1-2H3. The van der Waals surface area contributed by atoms with E-state index in [4.69, 9.17) is 11.6 Å². The van der Waals surface area contributed by atoms with Gasteiger partial charge in [0.15, 0.2) is 0 Å². The van der Waals surface area contributed by atoms with Crippen molar-refractivity contribution in [3.05, 3.63) is 58.9 Å². The van der Waals surface area contributed by atoms with Crippen molar-refractivity contribution < 1.29 is 9.53 Å². The Hall–Kier alpha value is -1.74. The van der Waals surface area contributed by atoms with Crippen LogP contribution in [-0.2, 0) is 11.2 Å². The van der Waals surface area contributed by atoms with E-state index >= 15 is 0 Å². The molecule has 0 aromatic heterocycles. The number of rotatable bonds is 2. The Kier molecular flexibility index (Phi) is 4.27. The molecule has 0 saturated heterocycles. The number of benzene rings is 1. The van der Waals surface area contributed by atoms with Crippen molar-refractivity contribution in [2.24, 2.45) is 5.92 Å². The van der Waals surface area contributed by atoms with E-state index in [1.807, 2.05) is 6.08 Å². The van der Waals surface area contributed by atoms with Gasteiger partial charge in [0, 0.05) is 23.4 Å². The van der Waals surface area contributed by atoms with Gasteiger partial charge in [-0.15, -0.1) is 0 Å². The van der Waals surface area contributed by atoms with E-state index in [2.05, 4.69) is 35.9 Å². The monoisotopic (exact) mass is 277 g/mol. The molecule has 2 rings (SSSR count). The van der Waals surface area contributed by atoms with Crippen LogP contribution in [0.3, 0.4) is 0 Å². The lowest BCUT2D eigenvalue weighted by atomic mass is 9.97. The number of hydrogen-bond acceptors (Lipinski definition) is 2. The highest BCUT2D eigenvalue weighted by molar-refractivity contribution is 6.30. The molecule has 1 aliphatic heterocycles. The summed E-state index contributed by atoms with van der Waals surface area (Å²) >= 11 is 6.22.